The average molecular weight is 228 g/mol. The number of hydrogen-bond donors (Lipinski definition) is 2. The van der Waals surface area contributed by atoms with Gasteiger partial charge in [-0.25, -0.2) is 9.18 Å². The summed E-state index contributed by atoms with van der Waals surface area (Å²) in [6.07, 6.45) is -0.0284. The SMILES string of the molecule is Nc1c(CC[N+](=O)[O-])ccc(F)c1C(=O)O. The summed E-state index contributed by atoms with van der Waals surface area (Å²) in [6.45, 7) is -0.380. The summed E-state index contributed by atoms with van der Waals surface area (Å²) in [5, 5.41) is 18.8. The molecule has 6 nitrogen and oxygen atoms in total. The number of carbonyl (C=O) groups is 1. The number of rotatable bonds is 4. The first-order valence-corrected chi connectivity index (χ1v) is 4.35. The van der Waals surface area contributed by atoms with E-state index in [4.69, 9.17) is 10.8 Å². The first-order valence-electron chi connectivity index (χ1n) is 4.35. The second kappa shape index (κ2) is 4.56. The molecule has 0 radical (unpaired) electrons. The lowest BCUT2D eigenvalue weighted by molar-refractivity contribution is -0.479. The van der Waals surface area contributed by atoms with Gasteiger partial charge in [0.1, 0.15) is 11.4 Å². The average Bonchev–Trinajstić information content (AvgIpc) is 2.15. The Labute approximate surface area is 89.6 Å². The maximum atomic E-state index is 13.1. The molecule has 0 aliphatic rings. The van der Waals surface area contributed by atoms with E-state index < -0.39 is 22.3 Å². The molecule has 0 saturated heterocycles. The Bertz CT molecular complexity index is 447. The van der Waals surface area contributed by atoms with Crippen molar-refractivity contribution >= 4 is 11.7 Å². The summed E-state index contributed by atoms with van der Waals surface area (Å²) in [7, 11) is 0. The maximum Gasteiger partial charge on any atom is 0.340 e. The predicted molar refractivity (Wildman–Crippen MR) is 53.3 cm³/mol. The molecule has 3 N–H and O–H groups in total. The normalized spacial score (nSPS) is 10.1. The molecule has 86 valence electrons. The third kappa shape index (κ3) is 2.44. The summed E-state index contributed by atoms with van der Waals surface area (Å²) in [6, 6.07) is 2.19. The summed E-state index contributed by atoms with van der Waals surface area (Å²) in [5.74, 6) is -2.44. The topological polar surface area (TPSA) is 106 Å². The number of nitrogens with two attached hydrogens (primary N) is 1. The highest BCUT2D eigenvalue weighted by Crippen LogP contribution is 2.21. The molecule has 0 spiro atoms. The van der Waals surface area contributed by atoms with Crippen LogP contribution in [0.4, 0.5) is 10.1 Å². The standard InChI is InChI=1S/C9H9FN2O4/c10-6-2-1-5(3-4-12(15)16)8(11)7(6)9(13)14/h1-2H,3-4,11H2,(H,13,14). The number of nitrogens with zero attached hydrogens (tertiary/aromatic N) is 1. The van der Waals surface area contributed by atoms with Gasteiger partial charge in [0.05, 0.1) is 5.69 Å². The van der Waals surface area contributed by atoms with Gasteiger partial charge in [-0.2, -0.15) is 0 Å². The Morgan fingerprint density at radius 1 is 1.56 bits per heavy atom. The van der Waals surface area contributed by atoms with Gasteiger partial charge in [-0.3, -0.25) is 10.1 Å². The smallest absolute Gasteiger partial charge is 0.340 e. The fourth-order valence-corrected chi connectivity index (χ4v) is 1.28. The minimum Gasteiger partial charge on any atom is -0.478 e. The number of benzene rings is 1. The van der Waals surface area contributed by atoms with Gasteiger partial charge in [-0.05, 0) is 11.6 Å². The first kappa shape index (κ1) is 11.9. The molecule has 1 aromatic rings. The highest BCUT2D eigenvalue weighted by Gasteiger charge is 2.17. The molecule has 1 aromatic carbocycles. The van der Waals surface area contributed by atoms with Crippen LogP contribution in [-0.4, -0.2) is 22.5 Å². The maximum absolute atomic E-state index is 13.1. The van der Waals surface area contributed by atoms with Crippen LogP contribution < -0.4 is 5.73 Å². The van der Waals surface area contributed by atoms with E-state index in [1.54, 1.807) is 0 Å². The molecule has 0 amide bonds. The minimum absolute atomic E-state index is 0.0284. The molecule has 0 aliphatic heterocycles. The third-order valence-corrected chi connectivity index (χ3v) is 2.06. The van der Waals surface area contributed by atoms with E-state index in [9.17, 15) is 19.3 Å². The van der Waals surface area contributed by atoms with Crippen LogP contribution in [0.3, 0.4) is 0 Å². The highest BCUT2D eigenvalue weighted by atomic mass is 19.1. The zero-order valence-electron chi connectivity index (χ0n) is 8.14. The Balaban J connectivity index is 3.08. The van der Waals surface area contributed by atoms with Crippen molar-refractivity contribution in [2.45, 2.75) is 6.42 Å². The number of halogens is 1. The van der Waals surface area contributed by atoms with Gasteiger partial charge in [0, 0.05) is 11.3 Å². The van der Waals surface area contributed by atoms with Crippen molar-refractivity contribution in [1.82, 2.24) is 0 Å². The zero-order valence-corrected chi connectivity index (χ0v) is 8.14. The third-order valence-electron chi connectivity index (χ3n) is 2.06. The molecule has 0 saturated carbocycles. The van der Waals surface area contributed by atoms with Gasteiger partial charge >= 0.3 is 5.97 Å². The Morgan fingerprint density at radius 2 is 2.19 bits per heavy atom. The number of aromatic carboxylic acids is 1. The minimum atomic E-state index is -1.49. The van der Waals surface area contributed by atoms with Gasteiger partial charge < -0.3 is 10.8 Å². The van der Waals surface area contributed by atoms with Crippen LogP contribution in [0.2, 0.25) is 0 Å². The first-order chi connectivity index (χ1) is 7.43. The number of carboxylic acid groups (broad SMARTS) is 1. The van der Waals surface area contributed by atoms with E-state index >= 15 is 0 Å². The molecule has 0 aliphatic carbocycles. The van der Waals surface area contributed by atoms with Crippen molar-refractivity contribution in [2.24, 2.45) is 0 Å². The van der Waals surface area contributed by atoms with E-state index in [2.05, 4.69) is 0 Å². The molecular weight excluding hydrogens is 219 g/mol. The van der Waals surface area contributed by atoms with Gasteiger partial charge in [0.2, 0.25) is 6.54 Å². The summed E-state index contributed by atoms with van der Waals surface area (Å²) in [5.41, 5.74) is 4.79. The van der Waals surface area contributed by atoms with Gasteiger partial charge in [-0.15, -0.1) is 0 Å². The van der Waals surface area contributed by atoms with E-state index in [1.807, 2.05) is 0 Å². The van der Waals surface area contributed by atoms with E-state index in [-0.39, 0.29) is 24.2 Å². The molecule has 0 fully saturated rings. The van der Waals surface area contributed by atoms with Gasteiger partial charge in [0.15, 0.2) is 0 Å². The fraction of sp³-hybridized carbons (Fsp3) is 0.222. The fourth-order valence-electron chi connectivity index (χ4n) is 1.28. The summed E-state index contributed by atoms with van der Waals surface area (Å²) >= 11 is 0. The lowest BCUT2D eigenvalue weighted by Crippen LogP contribution is -2.11. The van der Waals surface area contributed by atoms with Crippen molar-refractivity contribution in [3.05, 3.63) is 39.2 Å². The van der Waals surface area contributed by atoms with Crippen molar-refractivity contribution in [3.63, 3.8) is 0 Å². The predicted octanol–water partition coefficient (Wildman–Crippen LogP) is 0.925. The monoisotopic (exact) mass is 228 g/mol. The molecule has 16 heavy (non-hydrogen) atoms. The molecule has 0 bridgehead atoms. The van der Waals surface area contributed by atoms with Crippen molar-refractivity contribution in [3.8, 4) is 0 Å². The number of nitrogen functional groups attached to an aromatic ring is 1. The van der Waals surface area contributed by atoms with Crippen molar-refractivity contribution in [1.29, 1.82) is 0 Å². The molecule has 0 atom stereocenters. The molecule has 0 unspecified atom stereocenters. The van der Waals surface area contributed by atoms with Crippen molar-refractivity contribution in [2.75, 3.05) is 12.3 Å². The number of carboxylic acids is 1. The molecule has 0 aromatic heterocycles. The van der Waals surface area contributed by atoms with Crippen molar-refractivity contribution < 1.29 is 19.2 Å². The van der Waals surface area contributed by atoms with Crippen LogP contribution in [0, 0.1) is 15.9 Å². The lowest BCUT2D eigenvalue weighted by Gasteiger charge is -2.07. The molecular formula is C9H9FN2O4. The van der Waals surface area contributed by atoms with E-state index in [0.717, 1.165) is 6.07 Å². The second-order valence-electron chi connectivity index (χ2n) is 3.11. The Morgan fingerprint density at radius 3 is 2.69 bits per heavy atom. The Hall–Kier alpha value is -2.18. The highest BCUT2D eigenvalue weighted by molar-refractivity contribution is 5.94. The van der Waals surface area contributed by atoms with Crippen LogP contribution in [0.15, 0.2) is 12.1 Å². The van der Waals surface area contributed by atoms with Crippen LogP contribution in [0.5, 0.6) is 0 Å². The molecule has 7 heteroatoms. The molecule has 1 rings (SSSR count). The quantitative estimate of drug-likeness (QED) is 0.452. The van der Waals surface area contributed by atoms with Crippen LogP contribution in [0.1, 0.15) is 15.9 Å². The lowest BCUT2D eigenvalue weighted by atomic mass is 10.0. The van der Waals surface area contributed by atoms with E-state index in [1.165, 1.54) is 6.07 Å². The van der Waals surface area contributed by atoms with E-state index in [0.29, 0.717) is 0 Å². The molecule has 0 heterocycles. The number of anilines is 1. The number of hydrogen-bond acceptors (Lipinski definition) is 4. The second-order valence-corrected chi connectivity index (χ2v) is 3.11. The summed E-state index contributed by atoms with van der Waals surface area (Å²) < 4.78 is 13.1. The van der Waals surface area contributed by atoms with Gasteiger partial charge in [-0.1, -0.05) is 6.07 Å². The summed E-state index contributed by atoms with van der Waals surface area (Å²) in [4.78, 5) is 20.3. The van der Waals surface area contributed by atoms with Crippen LogP contribution >= 0.6 is 0 Å². The largest absolute Gasteiger partial charge is 0.478 e. The Kier molecular flexibility index (Phi) is 3.39. The van der Waals surface area contributed by atoms with Crippen LogP contribution in [-0.2, 0) is 6.42 Å². The van der Waals surface area contributed by atoms with Gasteiger partial charge in [0.25, 0.3) is 0 Å². The van der Waals surface area contributed by atoms with Crippen LogP contribution in [0.25, 0.3) is 0 Å². The number of nitro groups is 1. The zero-order chi connectivity index (χ0) is 12.3.